The van der Waals surface area contributed by atoms with Gasteiger partial charge in [0.05, 0.1) is 33.1 Å². The molecular formula is C69H48N4. The van der Waals surface area contributed by atoms with E-state index in [1.54, 1.807) is 0 Å². The van der Waals surface area contributed by atoms with Crippen LogP contribution in [0.2, 0.25) is 0 Å². The molecule has 0 unspecified atom stereocenters. The van der Waals surface area contributed by atoms with E-state index in [0.29, 0.717) is 0 Å². The Morgan fingerprint density at radius 1 is 0.274 bits per heavy atom. The smallest absolute Gasteiger partial charge is 0.0541 e. The molecule has 0 bridgehead atoms. The van der Waals surface area contributed by atoms with Gasteiger partial charge in [0.2, 0.25) is 0 Å². The van der Waals surface area contributed by atoms with Crippen molar-refractivity contribution in [2.45, 2.75) is 19.3 Å². The van der Waals surface area contributed by atoms with Crippen molar-refractivity contribution >= 4 is 82.5 Å². The van der Waals surface area contributed by atoms with Crippen molar-refractivity contribution in [1.29, 1.82) is 0 Å². The molecule has 0 saturated heterocycles. The monoisotopic (exact) mass is 932 g/mol. The lowest BCUT2D eigenvalue weighted by Gasteiger charge is -2.28. The van der Waals surface area contributed by atoms with Gasteiger partial charge in [0.1, 0.15) is 0 Å². The molecule has 1 aliphatic carbocycles. The molecule has 3 aromatic heterocycles. The van der Waals surface area contributed by atoms with Gasteiger partial charge in [0, 0.05) is 71.9 Å². The number of hydrogen-bond acceptors (Lipinski definition) is 1. The summed E-state index contributed by atoms with van der Waals surface area (Å²) in [6.45, 7) is 4.79. The molecule has 0 aliphatic heterocycles. The Hall–Kier alpha value is -9.38. The highest BCUT2D eigenvalue weighted by atomic mass is 15.1. The molecule has 0 atom stereocenters. The van der Waals surface area contributed by atoms with E-state index in [1.165, 1.54) is 104 Å². The summed E-state index contributed by atoms with van der Waals surface area (Å²) in [5.41, 5.74) is 21.4. The van der Waals surface area contributed by atoms with Gasteiger partial charge in [0.15, 0.2) is 0 Å². The third-order valence-corrected chi connectivity index (χ3v) is 15.8. The molecule has 0 spiro atoms. The Balaban J connectivity index is 0.848. The van der Waals surface area contributed by atoms with Crippen molar-refractivity contribution in [3.05, 3.63) is 266 Å². The van der Waals surface area contributed by atoms with Crippen LogP contribution in [0.4, 0.5) is 17.1 Å². The first-order chi connectivity index (χ1) is 36.0. The highest BCUT2D eigenvalue weighted by molar-refractivity contribution is 6.12. The molecule has 344 valence electrons. The third-order valence-electron chi connectivity index (χ3n) is 15.8. The predicted molar refractivity (Wildman–Crippen MR) is 307 cm³/mol. The number of anilines is 3. The molecule has 0 radical (unpaired) electrons. The lowest BCUT2D eigenvalue weighted by molar-refractivity contribution is 0.660. The van der Waals surface area contributed by atoms with Crippen LogP contribution in [-0.4, -0.2) is 13.7 Å². The Morgan fingerprint density at radius 3 is 1.18 bits per heavy atom. The normalized spacial score (nSPS) is 12.9. The van der Waals surface area contributed by atoms with E-state index in [2.05, 4.69) is 287 Å². The van der Waals surface area contributed by atoms with Crippen LogP contribution < -0.4 is 4.90 Å². The molecule has 0 N–H and O–H groups in total. The van der Waals surface area contributed by atoms with Gasteiger partial charge in [-0.1, -0.05) is 153 Å². The van der Waals surface area contributed by atoms with Crippen LogP contribution in [0.5, 0.6) is 0 Å². The molecular weight excluding hydrogens is 885 g/mol. The summed E-state index contributed by atoms with van der Waals surface area (Å²) < 4.78 is 7.21. The largest absolute Gasteiger partial charge is 0.310 e. The Morgan fingerprint density at radius 2 is 0.644 bits per heavy atom. The van der Waals surface area contributed by atoms with Gasteiger partial charge in [-0.2, -0.15) is 0 Å². The maximum Gasteiger partial charge on any atom is 0.0541 e. The van der Waals surface area contributed by atoms with Gasteiger partial charge in [-0.05, 0) is 149 Å². The standard InChI is InChI=1S/C69H48N4/c1-69(2)61-43-51(37-39-53(61)54-40-38-52(44-62(54)69)73-65-25-13-8-20-57(65)58-21-9-14-26-66(58)73)70(49-33-35-50(36-34-49)72-63-23-11-6-18-55(63)56-19-7-12-24-64(56)72)48-31-28-45(29-32-48)46-30-41-68-60(42-46)59-22-10-15-27-67(59)71(68)47-16-4-3-5-17-47/h3-44H,1-2H3. The summed E-state index contributed by atoms with van der Waals surface area (Å²) in [5.74, 6) is 0. The summed E-state index contributed by atoms with van der Waals surface area (Å²) in [6, 6.07) is 93.9. The van der Waals surface area contributed by atoms with E-state index in [1.807, 2.05) is 0 Å². The Bertz CT molecular complexity index is 4400. The fourth-order valence-corrected chi connectivity index (χ4v) is 12.4. The number of nitrogens with zero attached hydrogens (tertiary/aromatic N) is 4. The van der Waals surface area contributed by atoms with Crippen molar-refractivity contribution in [1.82, 2.24) is 13.7 Å². The van der Waals surface area contributed by atoms with E-state index < -0.39 is 0 Å². The molecule has 0 saturated carbocycles. The highest BCUT2D eigenvalue weighted by Crippen LogP contribution is 2.52. The average Bonchev–Trinajstić information content (AvgIpc) is 4.15. The molecule has 0 fully saturated rings. The number of rotatable bonds is 7. The molecule has 4 heteroatoms. The summed E-state index contributed by atoms with van der Waals surface area (Å²) in [5, 5.41) is 7.56. The lowest BCUT2D eigenvalue weighted by atomic mass is 9.82. The first kappa shape index (κ1) is 41.4. The van der Waals surface area contributed by atoms with Gasteiger partial charge in [-0.3, -0.25) is 0 Å². The van der Waals surface area contributed by atoms with Gasteiger partial charge < -0.3 is 18.6 Å². The van der Waals surface area contributed by atoms with Gasteiger partial charge in [-0.25, -0.2) is 0 Å². The maximum absolute atomic E-state index is 2.45. The van der Waals surface area contributed by atoms with Crippen LogP contribution >= 0.6 is 0 Å². The molecule has 1 aliphatic rings. The van der Waals surface area contributed by atoms with E-state index in [9.17, 15) is 0 Å². The van der Waals surface area contributed by atoms with E-state index in [0.717, 1.165) is 28.4 Å². The minimum absolute atomic E-state index is 0.256. The summed E-state index contributed by atoms with van der Waals surface area (Å²) in [6.07, 6.45) is 0. The zero-order chi connectivity index (χ0) is 48.4. The predicted octanol–water partition coefficient (Wildman–Crippen LogP) is 18.4. The minimum atomic E-state index is -0.256. The van der Waals surface area contributed by atoms with Crippen LogP contribution in [0.25, 0.3) is 105 Å². The number of fused-ring (bicyclic) bond motifs is 12. The minimum Gasteiger partial charge on any atom is -0.310 e. The maximum atomic E-state index is 2.45. The fraction of sp³-hybridized carbons (Fsp3) is 0.0435. The molecule has 73 heavy (non-hydrogen) atoms. The summed E-state index contributed by atoms with van der Waals surface area (Å²) in [4.78, 5) is 2.43. The van der Waals surface area contributed by atoms with E-state index in [-0.39, 0.29) is 5.41 Å². The van der Waals surface area contributed by atoms with Crippen molar-refractivity contribution < 1.29 is 0 Å². The molecule has 15 rings (SSSR count). The second-order valence-electron chi connectivity index (χ2n) is 20.1. The topological polar surface area (TPSA) is 18.0 Å². The van der Waals surface area contributed by atoms with Crippen molar-refractivity contribution in [2.75, 3.05) is 4.90 Å². The number of benzene rings is 11. The van der Waals surface area contributed by atoms with Crippen molar-refractivity contribution in [2.24, 2.45) is 0 Å². The number of para-hydroxylation sites is 6. The quantitative estimate of drug-likeness (QED) is 0.156. The molecule has 11 aromatic carbocycles. The lowest BCUT2D eigenvalue weighted by Crippen LogP contribution is -2.17. The summed E-state index contributed by atoms with van der Waals surface area (Å²) in [7, 11) is 0. The van der Waals surface area contributed by atoms with Crippen molar-refractivity contribution in [3.8, 4) is 39.3 Å². The highest BCUT2D eigenvalue weighted by Gasteiger charge is 2.37. The van der Waals surface area contributed by atoms with E-state index in [4.69, 9.17) is 0 Å². The zero-order valence-corrected chi connectivity index (χ0v) is 40.5. The molecule has 14 aromatic rings. The van der Waals surface area contributed by atoms with Gasteiger partial charge >= 0.3 is 0 Å². The SMILES string of the molecule is CC1(C)c2cc(N(c3ccc(-c4ccc5c(c4)c4ccccc4n5-c4ccccc4)cc3)c3ccc(-n4c5ccccc5c5ccccc54)cc3)ccc2-c2ccc(-n3c4ccccc4c4ccccc43)cc21. The van der Waals surface area contributed by atoms with Crippen LogP contribution in [0.1, 0.15) is 25.0 Å². The molecule has 3 heterocycles. The van der Waals surface area contributed by atoms with Crippen LogP contribution in [0.3, 0.4) is 0 Å². The first-order valence-electron chi connectivity index (χ1n) is 25.3. The molecule has 0 amide bonds. The number of aromatic nitrogens is 3. The van der Waals surface area contributed by atoms with Gasteiger partial charge in [0.25, 0.3) is 0 Å². The number of hydrogen-bond donors (Lipinski definition) is 0. The van der Waals surface area contributed by atoms with Crippen LogP contribution in [0, 0.1) is 0 Å². The first-order valence-corrected chi connectivity index (χ1v) is 25.3. The van der Waals surface area contributed by atoms with Crippen molar-refractivity contribution in [3.63, 3.8) is 0 Å². The van der Waals surface area contributed by atoms with E-state index >= 15 is 0 Å². The second-order valence-corrected chi connectivity index (χ2v) is 20.1. The Labute approximate surface area is 423 Å². The zero-order valence-electron chi connectivity index (χ0n) is 40.5. The van der Waals surface area contributed by atoms with Crippen LogP contribution in [0.15, 0.2) is 255 Å². The average molecular weight is 933 g/mol. The molecule has 4 nitrogen and oxygen atoms in total. The summed E-state index contributed by atoms with van der Waals surface area (Å²) >= 11 is 0. The third kappa shape index (κ3) is 6.20. The second kappa shape index (κ2) is 15.8. The van der Waals surface area contributed by atoms with Crippen LogP contribution in [-0.2, 0) is 5.41 Å². The fourth-order valence-electron chi connectivity index (χ4n) is 12.4. The van der Waals surface area contributed by atoms with Gasteiger partial charge in [-0.15, -0.1) is 0 Å². The Kier molecular flexibility index (Phi) is 8.97.